The molecule has 0 amide bonds. The number of Topliss-reactive ketones (excluding diaryl/α,β-unsaturated/α-hetero) is 1. The molecule has 366 valence electrons. The fraction of sp³-hybridized carbons (Fsp3) is 0.778. The van der Waals surface area contributed by atoms with Gasteiger partial charge < -0.3 is 63.5 Å². The van der Waals surface area contributed by atoms with Gasteiger partial charge in [0.1, 0.15) is 18.0 Å². The van der Waals surface area contributed by atoms with Crippen LogP contribution in [0.15, 0.2) is 30.3 Å². The zero-order valence-corrected chi connectivity index (χ0v) is 40.8. The van der Waals surface area contributed by atoms with Crippen LogP contribution in [0.2, 0.25) is 0 Å². The third kappa shape index (κ3) is 103. The molecule has 0 aliphatic rings. The van der Waals surface area contributed by atoms with Crippen molar-refractivity contribution >= 4 is 23.7 Å². The second-order valence-corrected chi connectivity index (χ2v) is 14.0. The molecule has 0 aromatic heterocycles. The third-order valence-corrected chi connectivity index (χ3v) is 5.63. The van der Waals surface area contributed by atoms with Crippen LogP contribution >= 0.6 is 0 Å². The van der Waals surface area contributed by atoms with Crippen LogP contribution in [0.4, 0.5) is 0 Å². The third-order valence-electron chi connectivity index (χ3n) is 5.63. The molecule has 0 saturated carbocycles. The van der Waals surface area contributed by atoms with Crippen LogP contribution in [0.1, 0.15) is 128 Å². The lowest BCUT2D eigenvalue weighted by Crippen LogP contribution is -2.18. The molecule has 1 aromatic rings. The first-order chi connectivity index (χ1) is 28.5. The van der Waals surface area contributed by atoms with Gasteiger partial charge >= 0.3 is 11.9 Å². The number of esters is 2. The predicted molar refractivity (Wildman–Crippen MR) is 240 cm³/mol. The number of aliphatic hydroxyl groups excluding tert-OH is 4. The molecule has 0 fully saturated rings. The summed E-state index contributed by atoms with van der Waals surface area (Å²) in [5, 5.41) is 41.8. The van der Waals surface area contributed by atoms with Crippen molar-refractivity contribution in [3.63, 3.8) is 0 Å². The van der Waals surface area contributed by atoms with E-state index < -0.39 is 5.97 Å². The number of hydrogen-bond donors (Lipinski definition) is 5. The zero-order chi connectivity index (χ0) is 49.0. The summed E-state index contributed by atoms with van der Waals surface area (Å²) in [6.45, 7) is 26.8. The molecule has 1 aromatic carbocycles. The van der Waals surface area contributed by atoms with E-state index in [1.165, 1.54) is 6.92 Å². The van der Waals surface area contributed by atoms with Gasteiger partial charge in [0.05, 0.1) is 58.0 Å². The fourth-order valence-corrected chi connectivity index (χ4v) is 3.43. The Hall–Kier alpha value is -3.06. The topological polar surface area (TPSA) is 234 Å². The Kier molecular flexibility index (Phi) is 70.1. The van der Waals surface area contributed by atoms with Crippen LogP contribution in [-0.2, 0) is 58.9 Å². The molecule has 0 saturated heterocycles. The summed E-state index contributed by atoms with van der Waals surface area (Å²) >= 11 is 0. The number of carbonyl (C=O) groups excluding carboxylic acids is 3. The molecular weight excluding hydrogens is 796 g/mol. The Morgan fingerprint density at radius 3 is 1.26 bits per heavy atom. The molecule has 0 heterocycles. The molecule has 1 rings (SSSR count). The van der Waals surface area contributed by atoms with E-state index in [4.69, 9.17) is 58.7 Å². The molecule has 5 atom stereocenters. The first-order valence-electron chi connectivity index (χ1n) is 20.8. The summed E-state index contributed by atoms with van der Waals surface area (Å²) in [6.07, 6.45) is 3.19. The van der Waals surface area contributed by atoms with Crippen LogP contribution in [0.5, 0.6) is 0 Å². The van der Waals surface area contributed by atoms with Crippen molar-refractivity contribution in [3.05, 3.63) is 35.9 Å². The molecule has 0 aliphatic carbocycles. The zero-order valence-electron chi connectivity index (χ0n) is 40.8. The average molecular weight is 887 g/mol. The van der Waals surface area contributed by atoms with E-state index in [-0.39, 0.29) is 54.8 Å². The second-order valence-electron chi connectivity index (χ2n) is 14.0. The first-order valence-corrected chi connectivity index (χ1v) is 20.8. The lowest BCUT2D eigenvalue weighted by atomic mass is 10.1. The highest BCUT2D eigenvalue weighted by molar-refractivity contribution is 5.75. The van der Waals surface area contributed by atoms with Gasteiger partial charge in [0.25, 0.3) is 5.97 Å². The minimum Gasteiger partial charge on any atom is -0.481 e. The number of aliphatic hydroxyl groups is 4. The van der Waals surface area contributed by atoms with Crippen LogP contribution < -0.4 is 0 Å². The summed E-state index contributed by atoms with van der Waals surface area (Å²) in [5.74, 6) is -0.461. The molecule has 16 heteroatoms. The van der Waals surface area contributed by atoms with Gasteiger partial charge in [-0.05, 0) is 65.9 Å². The summed E-state index contributed by atoms with van der Waals surface area (Å²) in [4.78, 5) is 40.1. The van der Waals surface area contributed by atoms with Gasteiger partial charge in [0.15, 0.2) is 0 Å². The van der Waals surface area contributed by atoms with Crippen molar-refractivity contribution in [2.75, 3.05) is 67.6 Å². The normalized spacial score (nSPS) is 12.0. The van der Waals surface area contributed by atoms with Crippen molar-refractivity contribution in [3.8, 4) is 0 Å². The largest absolute Gasteiger partial charge is 0.481 e. The van der Waals surface area contributed by atoms with Gasteiger partial charge in [0, 0.05) is 61.2 Å². The molecule has 0 aliphatic heterocycles. The van der Waals surface area contributed by atoms with Crippen molar-refractivity contribution in [1.82, 2.24) is 0 Å². The number of hydrogen-bond acceptors (Lipinski definition) is 15. The summed E-state index contributed by atoms with van der Waals surface area (Å²) in [6, 6.07) is 9.52. The molecule has 16 nitrogen and oxygen atoms in total. The summed E-state index contributed by atoms with van der Waals surface area (Å²) in [7, 11) is 4.71. The predicted octanol–water partition coefficient (Wildman–Crippen LogP) is 6.44. The molecule has 5 N–H and O–H groups in total. The van der Waals surface area contributed by atoms with E-state index in [0.717, 1.165) is 51.4 Å². The quantitative estimate of drug-likeness (QED) is 0.0660. The monoisotopic (exact) mass is 887 g/mol. The lowest BCUT2D eigenvalue weighted by Gasteiger charge is -2.10. The van der Waals surface area contributed by atoms with Crippen LogP contribution in [0.3, 0.4) is 0 Å². The van der Waals surface area contributed by atoms with Gasteiger partial charge in [-0.25, -0.2) is 0 Å². The molecule has 0 bridgehead atoms. The fourth-order valence-electron chi connectivity index (χ4n) is 3.43. The van der Waals surface area contributed by atoms with E-state index in [1.807, 2.05) is 51.1 Å². The number of rotatable bonds is 21. The van der Waals surface area contributed by atoms with Gasteiger partial charge in [-0.15, -0.1) is 0 Å². The Morgan fingerprint density at radius 2 is 1.02 bits per heavy atom. The summed E-state index contributed by atoms with van der Waals surface area (Å²) < 4.78 is 33.7. The van der Waals surface area contributed by atoms with E-state index in [0.29, 0.717) is 45.4 Å². The van der Waals surface area contributed by atoms with Gasteiger partial charge in [-0.1, -0.05) is 71.4 Å². The minimum atomic E-state index is -0.833. The Bertz CT molecular complexity index is 1020. The second kappa shape index (κ2) is 59.0. The number of unbranched alkanes of at least 4 members (excludes halogenated alkanes) is 1. The number of carboxylic acid groups (broad SMARTS) is 1. The van der Waals surface area contributed by atoms with Crippen molar-refractivity contribution in [1.29, 1.82) is 0 Å². The maximum Gasteiger partial charge on any atom is 0.305 e. The number of carbonyl (C=O) groups is 4. The SMILES string of the molecule is CC(=O)CC(C)C.CC(=O)O.CCC(=O)OC(C)COC.CCCCOCC(C)O.CCCOCC(C)O.COCC(C)O.COCC(C)OC(C)=O.OCc1ccccc1. The molecule has 0 spiro atoms. The van der Waals surface area contributed by atoms with E-state index in [2.05, 4.69) is 11.7 Å². The highest BCUT2D eigenvalue weighted by atomic mass is 16.6. The molecular formula is C45H90O16. The van der Waals surface area contributed by atoms with E-state index in [9.17, 15) is 14.4 Å². The highest BCUT2D eigenvalue weighted by Gasteiger charge is 2.05. The van der Waals surface area contributed by atoms with Crippen LogP contribution in [0, 0.1) is 5.92 Å². The number of benzene rings is 1. The maximum absolute atomic E-state index is 10.6. The molecule has 61 heavy (non-hydrogen) atoms. The van der Waals surface area contributed by atoms with Gasteiger partial charge in [-0.3, -0.25) is 14.4 Å². The number of methoxy groups -OCH3 is 3. The van der Waals surface area contributed by atoms with Gasteiger partial charge in [-0.2, -0.15) is 0 Å². The number of carboxylic acids is 1. The van der Waals surface area contributed by atoms with Crippen LogP contribution in [0.25, 0.3) is 0 Å². The number of ketones is 1. The maximum atomic E-state index is 10.6. The Balaban J connectivity index is -0.000000110. The van der Waals surface area contributed by atoms with E-state index in [1.54, 1.807) is 69.8 Å². The smallest absolute Gasteiger partial charge is 0.305 e. The number of aliphatic carboxylic acids is 1. The van der Waals surface area contributed by atoms with E-state index >= 15 is 0 Å². The first kappa shape index (κ1) is 72.4. The van der Waals surface area contributed by atoms with Crippen LogP contribution in [-0.4, -0.2) is 147 Å². The standard InChI is InChI=1S/C7H14O3.C7H16O2.C7H8O.C6H12O3.C6H14O2.C6H12O.C4H10O2.C2H4O2/c1-4-7(8)10-6(2)5-9-3;1-3-4-5-9-6-7(2)8;8-6-7-4-2-1-3-5-7;1-5(4-8-3)9-6(2)7;1-3-4-8-5-6(2)7;1-5(2)4-6(3)7;1-4(5)3-6-2;1-2(3)4/h6H,4-5H2,1-3H3;7-8H,3-6H2,1-2H3;1-5,8H,6H2;5H,4H2,1-3H3;6-7H,3-5H2,1-2H3;5H,4H2,1-3H3;4-5H,3H2,1-2H3;1H3,(H,3,4). The lowest BCUT2D eigenvalue weighted by molar-refractivity contribution is -0.150. The Morgan fingerprint density at radius 1 is 0.607 bits per heavy atom. The average Bonchev–Trinajstić information content (AvgIpc) is 3.14. The van der Waals surface area contributed by atoms with Gasteiger partial charge in [0.2, 0.25) is 0 Å². The minimum absolute atomic E-state index is 0.127. The van der Waals surface area contributed by atoms with Crippen molar-refractivity contribution < 1.29 is 77.9 Å². The molecule has 0 radical (unpaired) electrons. The highest BCUT2D eigenvalue weighted by Crippen LogP contribution is 1.98. The number of ether oxygens (including phenoxy) is 7. The van der Waals surface area contributed by atoms with Crippen molar-refractivity contribution in [2.45, 2.75) is 159 Å². The van der Waals surface area contributed by atoms with Crippen molar-refractivity contribution in [2.24, 2.45) is 5.92 Å². The Labute approximate surface area is 369 Å². The summed E-state index contributed by atoms with van der Waals surface area (Å²) in [5.41, 5.74) is 0.965. The molecule has 5 unspecified atom stereocenters.